The van der Waals surface area contributed by atoms with Gasteiger partial charge in [-0.15, -0.1) is 0 Å². The van der Waals surface area contributed by atoms with Crippen LogP contribution in [-0.4, -0.2) is 48.4 Å². The minimum atomic E-state index is 0.245. The summed E-state index contributed by atoms with van der Waals surface area (Å²) in [7, 11) is 0. The number of carbonyl (C=O) groups is 1. The second kappa shape index (κ2) is 6.46. The minimum Gasteiger partial charge on any atom is -0.343 e. The fourth-order valence-electron chi connectivity index (χ4n) is 3.78. The standard InChI is InChI=1S/C17H32N2O/c1-14(20)19-11-5-15(6-12-19)13-18-9-7-16(8-10-18)17(2,3)4/h15-16H,5-13H2,1-4H3. The van der Waals surface area contributed by atoms with Crippen molar-refractivity contribution in [2.24, 2.45) is 17.3 Å². The number of piperidine rings is 2. The molecule has 0 aromatic heterocycles. The molecule has 3 heteroatoms. The summed E-state index contributed by atoms with van der Waals surface area (Å²) in [6.45, 7) is 14.6. The summed E-state index contributed by atoms with van der Waals surface area (Å²) in [6.07, 6.45) is 5.10. The predicted molar refractivity (Wildman–Crippen MR) is 83.6 cm³/mol. The summed E-state index contributed by atoms with van der Waals surface area (Å²) in [5.74, 6) is 1.93. The summed E-state index contributed by atoms with van der Waals surface area (Å²) in [6, 6.07) is 0. The van der Waals surface area contributed by atoms with E-state index in [0.717, 1.165) is 24.9 Å². The summed E-state index contributed by atoms with van der Waals surface area (Å²) < 4.78 is 0. The molecule has 2 rings (SSSR count). The van der Waals surface area contributed by atoms with Gasteiger partial charge in [-0.3, -0.25) is 4.79 Å². The molecule has 0 saturated carbocycles. The Balaban J connectivity index is 1.70. The predicted octanol–water partition coefficient (Wildman–Crippen LogP) is 3.00. The van der Waals surface area contributed by atoms with E-state index in [1.165, 1.54) is 45.3 Å². The van der Waals surface area contributed by atoms with Crippen molar-refractivity contribution in [2.45, 2.75) is 53.4 Å². The number of amides is 1. The zero-order valence-corrected chi connectivity index (χ0v) is 13.8. The molecule has 0 aromatic rings. The van der Waals surface area contributed by atoms with Crippen molar-refractivity contribution in [3.05, 3.63) is 0 Å². The van der Waals surface area contributed by atoms with E-state index in [0.29, 0.717) is 5.41 Å². The second-order valence-corrected chi connectivity index (χ2v) is 7.89. The molecule has 0 radical (unpaired) electrons. The molecule has 2 aliphatic heterocycles. The molecule has 0 aliphatic carbocycles. The third kappa shape index (κ3) is 4.21. The topological polar surface area (TPSA) is 23.6 Å². The fraction of sp³-hybridized carbons (Fsp3) is 0.941. The van der Waals surface area contributed by atoms with Crippen molar-refractivity contribution in [3.63, 3.8) is 0 Å². The lowest BCUT2D eigenvalue weighted by molar-refractivity contribution is -0.130. The van der Waals surface area contributed by atoms with Crippen LogP contribution in [-0.2, 0) is 4.79 Å². The van der Waals surface area contributed by atoms with Gasteiger partial charge in [-0.05, 0) is 56.0 Å². The third-order valence-electron chi connectivity index (χ3n) is 5.39. The van der Waals surface area contributed by atoms with Crippen LogP contribution in [0.15, 0.2) is 0 Å². The molecule has 0 unspecified atom stereocenters. The molecule has 116 valence electrons. The van der Waals surface area contributed by atoms with Crippen LogP contribution in [0.4, 0.5) is 0 Å². The second-order valence-electron chi connectivity index (χ2n) is 7.89. The smallest absolute Gasteiger partial charge is 0.219 e. The first-order chi connectivity index (χ1) is 9.36. The average molecular weight is 280 g/mol. The van der Waals surface area contributed by atoms with Gasteiger partial charge >= 0.3 is 0 Å². The molecule has 20 heavy (non-hydrogen) atoms. The van der Waals surface area contributed by atoms with Gasteiger partial charge in [-0.2, -0.15) is 0 Å². The Hall–Kier alpha value is -0.570. The van der Waals surface area contributed by atoms with Gasteiger partial charge in [0.05, 0.1) is 0 Å². The van der Waals surface area contributed by atoms with Crippen LogP contribution in [0.25, 0.3) is 0 Å². The molecule has 2 saturated heterocycles. The largest absolute Gasteiger partial charge is 0.343 e. The first-order valence-electron chi connectivity index (χ1n) is 8.34. The molecule has 2 fully saturated rings. The van der Waals surface area contributed by atoms with Crippen LogP contribution in [0.3, 0.4) is 0 Å². The van der Waals surface area contributed by atoms with Crippen LogP contribution in [0.5, 0.6) is 0 Å². The van der Waals surface area contributed by atoms with Crippen molar-refractivity contribution in [3.8, 4) is 0 Å². The van der Waals surface area contributed by atoms with Crippen LogP contribution in [0, 0.1) is 17.3 Å². The Labute approximate surface area is 124 Å². The molecular formula is C17H32N2O. The lowest BCUT2D eigenvalue weighted by Crippen LogP contribution is -2.43. The highest BCUT2D eigenvalue weighted by molar-refractivity contribution is 5.73. The first-order valence-corrected chi connectivity index (χ1v) is 8.34. The summed E-state index contributed by atoms with van der Waals surface area (Å²) in [5, 5.41) is 0. The van der Waals surface area contributed by atoms with Crippen molar-refractivity contribution < 1.29 is 4.79 Å². The molecule has 3 nitrogen and oxygen atoms in total. The molecule has 2 heterocycles. The van der Waals surface area contributed by atoms with Gasteiger partial charge in [0, 0.05) is 26.6 Å². The molecule has 1 amide bonds. The summed E-state index contributed by atoms with van der Waals surface area (Å²) in [4.78, 5) is 16.0. The molecule has 0 spiro atoms. The van der Waals surface area contributed by atoms with Gasteiger partial charge in [-0.1, -0.05) is 20.8 Å². The Morgan fingerprint density at radius 3 is 2.00 bits per heavy atom. The average Bonchev–Trinajstić information content (AvgIpc) is 2.39. The van der Waals surface area contributed by atoms with E-state index in [4.69, 9.17) is 0 Å². The molecular weight excluding hydrogens is 248 g/mol. The summed E-state index contributed by atoms with van der Waals surface area (Å²) >= 11 is 0. The van der Waals surface area contributed by atoms with Gasteiger partial charge in [0.1, 0.15) is 0 Å². The van der Waals surface area contributed by atoms with Gasteiger partial charge in [-0.25, -0.2) is 0 Å². The van der Waals surface area contributed by atoms with Gasteiger partial charge in [0.2, 0.25) is 5.91 Å². The van der Waals surface area contributed by atoms with E-state index >= 15 is 0 Å². The summed E-state index contributed by atoms with van der Waals surface area (Å²) in [5.41, 5.74) is 0.471. The van der Waals surface area contributed by atoms with Gasteiger partial charge < -0.3 is 9.80 Å². The number of carbonyl (C=O) groups excluding carboxylic acids is 1. The third-order valence-corrected chi connectivity index (χ3v) is 5.39. The van der Waals surface area contributed by atoms with Gasteiger partial charge in [0.15, 0.2) is 0 Å². The Kier molecular flexibility index (Phi) is 5.11. The maximum Gasteiger partial charge on any atom is 0.219 e. The van der Waals surface area contributed by atoms with Crippen molar-refractivity contribution in [2.75, 3.05) is 32.7 Å². The van der Waals surface area contributed by atoms with E-state index in [1.807, 2.05) is 4.90 Å². The van der Waals surface area contributed by atoms with E-state index in [2.05, 4.69) is 25.7 Å². The Bertz CT molecular complexity index is 318. The van der Waals surface area contributed by atoms with E-state index in [1.54, 1.807) is 6.92 Å². The number of hydrogen-bond donors (Lipinski definition) is 0. The highest BCUT2D eigenvalue weighted by Gasteiger charge is 2.30. The molecule has 0 N–H and O–H groups in total. The van der Waals surface area contributed by atoms with E-state index in [-0.39, 0.29) is 5.91 Å². The maximum atomic E-state index is 11.3. The lowest BCUT2D eigenvalue weighted by atomic mass is 9.75. The number of nitrogens with zero attached hydrogens (tertiary/aromatic N) is 2. The van der Waals surface area contributed by atoms with Crippen LogP contribution in [0.2, 0.25) is 0 Å². The van der Waals surface area contributed by atoms with Crippen LogP contribution < -0.4 is 0 Å². The fourth-order valence-corrected chi connectivity index (χ4v) is 3.78. The molecule has 2 aliphatic rings. The highest BCUT2D eigenvalue weighted by Crippen LogP contribution is 2.34. The Morgan fingerprint density at radius 2 is 1.55 bits per heavy atom. The van der Waals surface area contributed by atoms with Crippen molar-refractivity contribution >= 4 is 5.91 Å². The quantitative estimate of drug-likeness (QED) is 0.776. The first kappa shape index (κ1) is 15.8. The Morgan fingerprint density at radius 1 is 1.00 bits per heavy atom. The SMILES string of the molecule is CC(=O)N1CCC(CN2CCC(C(C)(C)C)CC2)CC1. The normalized spacial score (nSPS) is 24.1. The maximum absolute atomic E-state index is 11.3. The molecule has 0 atom stereocenters. The van der Waals surface area contributed by atoms with Crippen LogP contribution in [0.1, 0.15) is 53.4 Å². The minimum absolute atomic E-state index is 0.245. The highest BCUT2D eigenvalue weighted by atomic mass is 16.2. The van der Waals surface area contributed by atoms with Gasteiger partial charge in [0.25, 0.3) is 0 Å². The van der Waals surface area contributed by atoms with Crippen molar-refractivity contribution in [1.29, 1.82) is 0 Å². The van der Waals surface area contributed by atoms with Crippen LogP contribution >= 0.6 is 0 Å². The van der Waals surface area contributed by atoms with E-state index in [9.17, 15) is 4.79 Å². The number of hydrogen-bond acceptors (Lipinski definition) is 2. The zero-order valence-electron chi connectivity index (χ0n) is 13.8. The molecule has 0 bridgehead atoms. The lowest BCUT2D eigenvalue weighted by Gasteiger charge is -2.41. The number of rotatable bonds is 2. The van der Waals surface area contributed by atoms with Crippen molar-refractivity contribution in [1.82, 2.24) is 9.80 Å². The van der Waals surface area contributed by atoms with E-state index < -0.39 is 0 Å². The zero-order chi connectivity index (χ0) is 14.8. The monoisotopic (exact) mass is 280 g/mol. The molecule has 0 aromatic carbocycles. The number of likely N-dealkylation sites (tertiary alicyclic amines) is 2.